The summed E-state index contributed by atoms with van der Waals surface area (Å²) in [5.74, 6) is 0.464. The SMILES string of the molecule is CCC(C)NC(=O)c1cccc(CN=C(N)NC2CCCCCC2)c1. The second-order valence-electron chi connectivity index (χ2n) is 7.02. The Balaban J connectivity index is 1.90. The van der Waals surface area contributed by atoms with E-state index in [2.05, 4.69) is 22.5 Å². The standard InChI is InChI=1S/C20H32N4O/c1-3-15(2)23-19(25)17-10-8-9-16(13-17)14-22-20(21)24-18-11-6-4-5-7-12-18/h8-10,13,15,18H,3-7,11-12,14H2,1-2H3,(H,23,25)(H3,21,22,24). The minimum Gasteiger partial charge on any atom is -0.370 e. The lowest BCUT2D eigenvalue weighted by atomic mass is 10.1. The highest BCUT2D eigenvalue weighted by Gasteiger charge is 2.12. The van der Waals surface area contributed by atoms with Crippen molar-refractivity contribution in [2.75, 3.05) is 0 Å². The summed E-state index contributed by atoms with van der Waals surface area (Å²) in [7, 11) is 0. The van der Waals surface area contributed by atoms with Gasteiger partial charge in [-0.1, -0.05) is 44.7 Å². The molecule has 138 valence electrons. The van der Waals surface area contributed by atoms with E-state index in [9.17, 15) is 4.79 Å². The molecule has 1 saturated carbocycles. The monoisotopic (exact) mass is 344 g/mol. The number of nitrogens with zero attached hydrogens (tertiary/aromatic N) is 1. The van der Waals surface area contributed by atoms with Gasteiger partial charge in [0.25, 0.3) is 5.91 Å². The average Bonchev–Trinajstić information content (AvgIpc) is 2.88. The van der Waals surface area contributed by atoms with Crippen LogP contribution in [0.2, 0.25) is 0 Å². The van der Waals surface area contributed by atoms with Crippen molar-refractivity contribution in [3.63, 3.8) is 0 Å². The number of carbonyl (C=O) groups excluding carboxylic acids is 1. The van der Waals surface area contributed by atoms with Crippen LogP contribution in [0, 0.1) is 0 Å². The molecule has 1 aromatic rings. The zero-order chi connectivity index (χ0) is 18.1. The van der Waals surface area contributed by atoms with E-state index < -0.39 is 0 Å². The summed E-state index contributed by atoms with van der Waals surface area (Å²) in [6, 6.07) is 8.21. The average molecular weight is 345 g/mol. The normalized spacial score (nSPS) is 17.6. The fourth-order valence-corrected chi connectivity index (χ4v) is 3.08. The number of hydrogen-bond donors (Lipinski definition) is 3. The van der Waals surface area contributed by atoms with Crippen molar-refractivity contribution < 1.29 is 4.79 Å². The molecule has 1 unspecified atom stereocenters. The van der Waals surface area contributed by atoms with Gasteiger partial charge in [-0.05, 0) is 43.9 Å². The molecular formula is C20H32N4O. The van der Waals surface area contributed by atoms with Crippen molar-refractivity contribution in [2.24, 2.45) is 10.7 Å². The molecule has 4 N–H and O–H groups in total. The van der Waals surface area contributed by atoms with E-state index in [1.165, 1.54) is 38.5 Å². The van der Waals surface area contributed by atoms with Gasteiger partial charge in [0.1, 0.15) is 0 Å². The first kappa shape index (κ1) is 19.3. The summed E-state index contributed by atoms with van der Waals surface area (Å²) < 4.78 is 0. The van der Waals surface area contributed by atoms with Gasteiger partial charge in [-0.15, -0.1) is 0 Å². The lowest BCUT2D eigenvalue weighted by Crippen LogP contribution is -2.39. The minimum absolute atomic E-state index is 0.0373. The van der Waals surface area contributed by atoms with Crippen LogP contribution in [0.5, 0.6) is 0 Å². The lowest BCUT2D eigenvalue weighted by molar-refractivity contribution is 0.0939. The molecule has 25 heavy (non-hydrogen) atoms. The third-order valence-electron chi connectivity index (χ3n) is 4.82. The fraction of sp³-hybridized carbons (Fsp3) is 0.600. The molecule has 1 aromatic carbocycles. The number of nitrogens with two attached hydrogens (primary N) is 1. The maximum atomic E-state index is 12.2. The number of aliphatic imine (C=N–C) groups is 1. The molecule has 0 aliphatic heterocycles. The third kappa shape index (κ3) is 6.77. The Bertz CT molecular complexity index is 577. The van der Waals surface area contributed by atoms with E-state index >= 15 is 0 Å². The van der Waals surface area contributed by atoms with Crippen molar-refractivity contribution in [3.05, 3.63) is 35.4 Å². The van der Waals surface area contributed by atoms with Crippen LogP contribution >= 0.6 is 0 Å². The van der Waals surface area contributed by atoms with Gasteiger partial charge in [0.15, 0.2) is 5.96 Å². The van der Waals surface area contributed by atoms with Crippen LogP contribution in [-0.4, -0.2) is 24.0 Å². The Labute approximate surface area is 151 Å². The van der Waals surface area contributed by atoms with Gasteiger partial charge >= 0.3 is 0 Å². The molecule has 2 rings (SSSR count). The number of guanidine groups is 1. The maximum absolute atomic E-state index is 12.2. The van der Waals surface area contributed by atoms with Crippen LogP contribution in [-0.2, 0) is 6.54 Å². The van der Waals surface area contributed by atoms with Crippen molar-refractivity contribution in [1.29, 1.82) is 0 Å². The highest BCUT2D eigenvalue weighted by Crippen LogP contribution is 2.17. The molecule has 0 radical (unpaired) electrons. The lowest BCUT2D eigenvalue weighted by Gasteiger charge is -2.16. The van der Waals surface area contributed by atoms with Gasteiger partial charge < -0.3 is 16.4 Å². The predicted octanol–water partition coefficient (Wildman–Crippen LogP) is 3.34. The zero-order valence-corrected chi connectivity index (χ0v) is 15.6. The first-order valence-corrected chi connectivity index (χ1v) is 9.54. The summed E-state index contributed by atoms with van der Waals surface area (Å²) in [6.07, 6.45) is 8.42. The van der Waals surface area contributed by atoms with Crippen LogP contribution in [0.3, 0.4) is 0 Å². The number of nitrogens with one attached hydrogen (secondary N) is 2. The van der Waals surface area contributed by atoms with Crippen LogP contribution in [0.25, 0.3) is 0 Å². The van der Waals surface area contributed by atoms with Gasteiger partial charge in [-0.25, -0.2) is 4.99 Å². The zero-order valence-electron chi connectivity index (χ0n) is 15.6. The largest absolute Gasteiger partial charge is 0.370 e. The van der Waals surface area contributed by atoms with E-state index in [0.717, 1.165) is 12.0 Å². The van der Waals surface area contributed by atoms with Crippen molar-refractivity contribution >= 4 is 11.9 Å². The van der Waals surface area contributed by atoms with E-state index in [4.69, 9.17) is 5.73 Å². The summed E-state index contributed by atoms with van der Waals surface area (Å²) in [4.78, 5) is 16.7. The molecule has 0 heterocycles. The van der Waals surface area contributed by atoms with Crippen LogP contribution in [0.1, 0.15) is 74.7 Å². The molecule has 0 spiro atoms. The molecule has 0 saturated heterocycles. The number of benzene rings is 1. The van der Waals surface area contributed by atoms with Crippen molar-refractivity contribution in [1.82, 2.24) is 10.6 Å². The van der Waals surface area contributed by atoms with Crippen molar-refractivity contribution in [3.8, 4) is 0 Å². The molecule has 0 aromatic heterocycles. The van der Waals surface area contributed by atoms with E-state index in [1.807, 2.05) is 31.2 Å². The summed E-state index contributed by atoms with van der Waals surface area (Å²) in [5, 5.41) is 6.33. The second-order valence-corrected chi connectivity index (χ2v) is 7.02. The first-order chi connectivity index (χ1) is 12.1. The van der Waals surface area contributed by atoms with E-state index in [0.29, 0.717) is 24.1 Å². The van der Waals surface area contributed by atoms with Crippen LogP contribution in [0.4, 0.5) is 0 Å². The van der Waals surface area contributed by atoms with E-state index in [1.54, 1.807) is 0 Å². The quantitative estimate of drug-likeness (QED) is 0.421. The Kier molecular flexibility index (Phi) is 7.76. The summed E-state index contributed by atoms with van der Waals surface area (Å²) in [6.45, 7) is 4.54. The number of amides is 1. The molecule has 1 aliphatic carbocycles. The molecule has 5 nitrogen and oxygen atoms in total. The maximum Gasteiger partial charge on any atom is 0.251 e. The molecule has 1 fully saturated rings. The van der Waals surface area contributed by atoms with Gasteiger partial charge in [0.2, 0.25) is 0 Å². The molecule has 5 heteroatoms. The van der Waals surface area contributed by atoms with Crippen LogP contribution < -0.4 is 16.4 Å². The molecule has 1 amide bonds. The Hall–Kier alpha value is -2.04. The number of rotatable bonds is 6. The minimum atomic E-state index is -0.0373. The van der Waals surface area contributed by atoms with Gasteiger partial charge in [-0.2, -0.15) is 0 Å². The molecule has 0 bridgehead atoms. The predicted molar refractivity (Wildman–Crippen MR) is 104 cm³/mol. The van der Waals surface area contributed by atoms with Crippen LogP contribution in [0.15, 0.2) is 29.3 Å². The van der Waals surface area contributed by atoms with Gasteiger partial charge in [0.05, 0.1) is 6.54 Å². The van der Waals surface area contributed by atoms with Crippen molar-refractivity contribution in [2.45, 2.75) is 77.4 Å². The highest BCUT2D eigenvalue weighted by molar-refractivity contribution is 5.94. The fourth-order valence-electron chi connectivity index (χ4n) is 3.08. The number of carbonyl (C=O) groups is 1. The molecule has 1 aliphatic rings. The first-order valence-electron chi connectivity index (χ1n) is 9.54. The highest BCUT2D eigenvalue weighted by atomic mass is 16.1. The van der Waals surface area contributed by atoms with E-state index in [-0.39, 0.29) is 11.9 Å². The third-order valence-corrected chi connectivity index (χ3v) is 4.82. The topological polar surface area (TPSA) is 79.5 Å². The smallest absolute Gasteiger partial charge is 0.251 e. The Morgan fingerprint density at radius 3 is 2.68 bits per heavy atom. The number of hydrogen-bond acceptors (Lipinski definition) is 2. The summed E-state index contributed by atoms with van der Waals surface area (Å²) >= 11 is 0. The summed E-state index contributed by atoms with van der Waals surface area (Å²) in [5.41, 5.74) is 7.70. The Morgan fingerprint density at radius 2 is 2.00 bits per heavy atom. The second kappa shape index (κ2) is 10.1. The molecule has 1 atom stereocenters. The van der Waals surface area contributed by atoms with Gasteiger partial charge in [0, 0.05) is 17.6 Å². The Morgan fingerprint density at radius 1 is 1.28 bits per heavy atom. The molecular weight excluding hydrogens is 312 g/mol. The van der Waals surface area contributed by atoms with Gasteiger partial charge in [-0.3, -0.25) is 4.79 Å².